The van der Waals surface area contributed by atoms with Gasteiger partial charge in [0.25, 0.3) is 5.91 Å². The van der Waals surface area contributed by atoms with Crippen LogP contribution in [0.2, 0.25) is 0 Å². The summed E-state index contributed by atoms with van der Waals surface area (Å²) >= 11 is 0. The third-order valence-corrected chi connectivity index (χ3v) is 6.03. The Kier molecular flexibility index (Phi) is 4.61. The summed E-state index contributed by atoms with van der Waals surface area (Å²) < 4.78 is 5.20. The van der Waals surface area contributed by atoms with Crippen LogP contribution in [0.25, 0.3) is 0 Å². The number of benzene rings is 1. The lowest BCUT2D eigenvalue weighted by Gasteiger charge is -2.32. The Morgan fingerprint density at radius 3 is 2.54 bits per heavy atom. The van der Waals surface area contributed by atoms with Crippen LogP contribution in [0.15, 0.2) is 35.1 Å². The molecule has 7 heteroatoms. The molecule has 0 N–H and O–H groups in total. The fraction of sp³-hybridized carbons (Fsp3) is 0.476. The number of hydrogen-bond donors (Lipinski definition) is 0. The summed E-state index contributed by atoms with van der Waals surface area (Å²) in [6.07, 6.45) is 1.31. The van der Waals surface area contributed by atoms with Gasteiger partial charge in [0, 0.05) is 45.6 Å². The Morgan fingerprint density at radius 1 is 1.14 bits per heavy atom. The Labute approximate surface area is 164 Å². The molecule has 2 saturated heterocycles. The molecule has 0 bridgehead atoms. The van der Waals surface area contributed by atoms with E-state index in [9.17, 15) is 9.59 Å². The summed E-state index contributed by atoms with van der Waals surface area (Å²) in [6, 6.07) is 8.21. The van der Waals surface area contributed by atoms with E-state index in [2.05, 4.69) is 24.0 Å². The van der Waals surface area contributed by atoms with Gasteiger partial charge in [-0.25, -0.2) is 9.78 Å². The minimum atomic E-state index is -0.0883. The lowest BCUT2D eigenvalue weighted by Crippen LogP contribution is -2.42. The van der Waals surface area contributed by atoms with Crippen LogP contribution < -0.4 is 0 Å². The predicted octanol–water partition coefficient (Wildman–Crippen LogP) is 2.72. The monoisotopic (exact) mass is 382 g/mol. The molecule has 3 atom stereocenters. The van der Waals surface area contributed by atoms with Gasteiger partial charge in [-0.1, -0.05) is 24.3 Å². The summed E-state index contributed by atoms with van der Waals surface area (Å²) in [5.74, 6) is 0.919. The zero-order valence-electron chi connectivity index (χ0n) is 16.8. The van der Waals surface area contributed by atoms with Crippen LogP contribution in [-0.4, -0.2) is 65.4 Å². The molecular formula is C21H26N4O3. The highest BCUT2D eigenvalue weighted by Gasteiger charge is 2.51. The normalized spacial score (nSPS) is 23.8. The first-order valence-corrected chi connectivity index (χ1v) is 9.61. The van der Waals surface area contributed by atoms with Crippen molar-refractivity contribution in [2.24, 2.45) is 11.8 Å². The van der Waals surface area contributed by atoms with Crippen LogP contribution in [0.5, 0.6) is 0 Å². The van der Waals surface area contributed by atoms with Gasteiger partial charge in [0.1, 0.15) is 5.76 Å². The molecule has 0 radical (unpaired) electrons. The van der Waals surface area contributed by atoms with E-state index in [1.165, 1.54) is 12.0 Å². The quantitative estimate of drug-likeness (QED) is 0.801. The molecule has 4 rings (SSSR count). The van der Waals surface area contributed by atoms with E-state index >= 15 is 0 Å². The molecule has 2 fully saturated rings. The highest BCUT2D eigenvalue weighted by atomic mass is 16.3. The molecule has 28 heavy (non-hydrogen) atoms. The zero-order chi connectivity index (χ0) is 20.0. The largest absolute Gasteiger partial charge is 0.448 e. The number of fused-ring (bicyclic) bond motifs is 1. The second-order valence-electron chi connectivity index (χ2n) is 8.02. The van der Waals surface area contributed by atoms with E-state index in [4.69, 9.17) is 4.42 Å². The van der Waals surface area contributed by atoms with Crippen molar-refractivity contribution < 1.29 is 14.0 Å². The van der Waals surface area contributed by atoms with Crippen molar-refractivity contribution in [3.8, 4) is 0 Å². The molecule has 1 aromatic heterocycles. The highest BCUT2D eigenvalue weighted by Crippen LogP contribution is 2.46. The van der Waals surface area contributed by atoms with Crippen molar-refractivity contribution in [3.05, 3.63) is 53.2 Å². The van der Waals surface area contributed by atoms with Gasteiger partial charge in [-0.05, 0) is 25.0 Å². The second-order valence-corrected chi connectivity index (χ2v) is 8.02. The number of aryl methyl sites for hydroxylation is 2. The maximum Gasteiger partial charge on any atom is 0.320 e. The van der Waals surface area contributed by atoms with E-state index in [0.717, 1.165) is 5.56 Å². The number of likely N-dealkylation sites (tertiary alicyclic amines) is 2. The van der Waals surface area contributed by atoms with Crippen LogP contribution >= 0.6 is 0 Å². The summed E-state index contributed by atoms with van der Waals surface area (Å²) in [6.45, 7) is 5.74. The molecule has 0 aliphatic carbocycles. The second kappa shape index (κ2) is 6.96. The molecule has 3 amide bonds. The predicted molar refractivity (Wildman–Crippen MR) is 104 cm³/mol. The smallest absolute Gasteiger partial charge is 0.320 e. The molecular weight excluding hydrogens is 356 g/mol. The lowest BCUT2D eigenvalue weighted by atomic mass is 9.88. The van der Waals surface area contributed by atoms with Crippen LogP contribution in [0.3, 0.4) is 0 Å². The Hall–Kier alpha value is -2.83. The molecule has 0 spiro atoms. The van der Waals surface area contributed by atoms with Crippen LogP contribution in [0, 0.1) is 25.7 Å². The van der Waals surface area contributed by atoms with Gasteiger partial charge in [-0.3, -0.25) is 4.79 Å². The van der Waals surface area contributed by atoms with Crippen molar-refractivity contribution in [2.45, 2.75) is 19.9 Å². The first-order valence-electron chi connectivity index (χ1n) is 9.61. The fourth-order valence-electron chi connectivity index (χ4n) is 4.64. The first-order chi connectivity index (χ1) is 13.4. The molecule has 2 aromatic rings. The number of amides is 3. The highest BCUT2D eigenvalue weighted by molar-refractivity contribution is 5.93. The fourth-order valence-corrected chi connectivity index (χ4v) is 4.64. The van der Waals surface area contributed by atoms with Gasteiger partial charge in [0.15, 0.2) is 12.1 Å². The first kappa shape index (κ1) is 18.5. The van der Waals surface area contributed by atoms with E-state index in [-0.39, 0.29) is 29.8 Å². The Balaban J connectivity index is 1.64. The lowest BCUT2D eigenvalue weighted by molar-refractivity contribution is 0.0759. The van der Waals surface area contributed by atoms with Gasteiger partial charge in [-0.2, -0.15) is 0 Å². The molecule has 0 unspecified atom stereocenters. The molecule has 3 heterocycles. The standard InChI is InChI=1S/C21H26N4O3/c1-13-7-5-6-8-16(13)19-17-11-24(20(26)18-14(2)28-12-22-18)9-15(17)10-25(19)21(27)23(3)4/h5-8,12,15,17,19H,9-11H2,1-4H3/t15-,17-,19+/m1/s1. The van der Waals surface area contributed by atoms with E-state index in [1.807, 2.05) is 21.9 Å². The average molecular weight is 382 g/mol. The van der Waals surface area contributed by atoms with Crippen molar-refractivity contribution >= 4 is 11.9 Å². The maximum absolute atomic E-state index is 12.9. The summed E-state index contributed by atoms with van der Waals surface area (Å²) in [7, 11) is 3.57. The Morgan fingerprint density at radius 2 is 1.89 bits per heavy atom. The van der Waals surface area contributed by atoms with Crippen molar-refractivity contribution in [1.82, 2.24) is 19.7 Å². The van der Waals surface area contributed by atoms with E-state index in [1.54, 1.807) is 25.9 Å². The molecule has 0 saturated carbocycles. The van der Waals surface area contributed by atoms with Crippen molar-refractivity contribution in [2.75, 3.05) is 33.7 Å². The van der Waals surface area contributed by atoms with E-state index < -0.39 is 0 Å². The topological polar surface area (TPSA) is 69.9 Å². The van der Waals surface area contributed by atoms with Crippen LogP contribution in [0.4, 0.5) is 4.79 Å². The molecule has 1 aromatic carbocycles. The van der Waals surface area contributed by atoms with Crippen LogP contribution in [-0.2, 0) is 0 Å². The number of aromatic nitrogens is 1. The number of rotatable bonds is 2. The van der Waals surface area contributed by atoms with Crippen molar-refractivity contribution in [3.63, 3.8) is 0 Å². The number of carbonyl (C=O) groups is 2. The molecule has 148 valence electrons. The van der Waals surface area contributed by atoms with Gasteiger partial charge in [0.05, 0.1) is 6.04 Å². The third kappa shape index (κ3) is 2.95. The molecule has 2 aliphatic rings. The number of nitrogens with zero attached hydrogens (tertiary/aromatic N) is 4. The number of carbonyl (C=O) groups excluding carboxylic acids is 2. The number of oxazole rings is 1. The summed E-state index contributed by atoms with van der Waals surface area (Å²) in [5, 5.41) is 0. The van der Waals surface area contributed by atoms with Gasteiger partial charge in [-0.15, -0.1) is 0 Å². The Bertz CT molecular complexity index is 907. The molecule has 2 aliphatic heterocycles. The van der Waals surface area contributed by atoms with Gasteiger partial charge >= 0.3 is 6.03 Å². The average Bonchev–Trinajstić information content (AvgIpc) is 3.35. The van der Waals surface area contributed by atoms with Crippen molar-refractivity contribution in [1.29, 1.82) is 0 Å². The van der Waals surface area contributed by atoms with Gasteiger partial charge < -0.3 is 19.1 Å². The number of urea groups is 1. The number of hydrogen-bond acceptors (Lipinski definition) is 4. The van der Waals surface area contributed by atoms with Gasteiger partial charge in [0.2, 0.25) is 0 Å². The van der Waals surface area contributed by atoms with E-state index in [0.29, 0.717) is 31.1 Å². The third-order valence-electron chi connectivity index (χ3n) is 6.03. The van der Waals surface area contributed by atoms with Crippen LogP contribution in [0.1, 0.15) is 33.4 Å². The molecule has 7 nitrogen and oxygen atoms in total. The SMILES string of the molecule is Cc1ccccc1[C@H]1[C@@H]2CN(C(=O)c3ncoc3C)C[C@@H]2CN1C(=O)N(C)C. The minimum Gasteiger partial charge on any atom is -0.448 e. The summed E-state index contributed by atoms with van der Waals surface area (Å²) in [5.41, 5.74) is 2.72. The maximum atomic E-state index is 12.9. The summed E-state index contributed by atoms with van der Waals surface area (Å²) in [4.78, 5) is 35.3. The zero-order valence-corrected chi connectivity index (χ0v) is 16.8. The minimum absolute atomic E-state index is 0.0212.